The number of carbonyl (C=O) groups is 1. The number of aromatic nitrogens is 2. The number of halogens is 1. The first kappa shape index (κ1) is 17.5. The van der Waals surface area contributed by atoms with E-state index in [1.54, 1.807) is 24.1 Å². The predicted octanol–water partition coefficient (Wildman–Crippen LogP) is 2.49. The summed E-state index contributed by atoms with van der Waals surface area (Å²) in [4.78, 5) is 12.4. The quantitative estimate of drug-likeness (QED) is 0.852. The van der Waals surface area contributed by atoms with E-state index < -0.39 is 11.5 Å². The minimum absolute atomic E-state index is 0.111. The van der Waals surface area contributed by atoms with E-state index in [4.69, 9.17) is 11.6 Å². The Morgan fingerprint density at radius 3 is 2.83 bits per heavy atom. The highest BCUT2D eigenvalue weighted by Crippen LogP contribution is 2.24. The van der Waals surface area contributed by atoms with Crippen LogP contribution in [0.1, 0.15) is 31.1 Å². The van der Waals surface area contributed by atoms with E-state index in [0.717, 1.165) is 5.56 Å². The lowest BCUT2D eigenvalue weighted by atomic mass is 9.84. The second kappa shape index (κ2) is 7.15. The highest BCUT2D eigenvalue weighted by molar-refractivity contribution is 6.30. The fourth-order valence-electron chi connectivity index (χ4n) is 2.40. The van der Waals surface area contributed by atoms with Crippen molar-refractivity contribution in [3.8, 4) is 0 Å². The Hall–Kier alpha value is -1.85. The van der Waals surface area contributed by atoms with Gasteiger partial charge in [0.15, 0.2) is 0 Å². The number of rotatable bonds is 6. The maximum Gasteiger partial charge on any atom is 0.226 e. The van der Waals surface area contributed by atoms with Gasteiger partial charge in [-0.2, -0.15) is 5.10 Å². The second-order valence-electron chi connectivity index (χ2n) is 6.36. The van der Waals surface area contributed by atoms with Gasteiger partial charge in [0.05, 0.1) is 12.3 Å². The summed E-state index contributed by atoms with van der Waals surface area (Å²) in [5.41, 5.74) is 1.09. The summed E-state index contributed by atoms with van der Waals surface area (Å²) in [6.45, 7) is 3.91. The molecule has 0 radical (unpaired) electrons. The number of aliphatic hydroxyl groups excluding tert-OH is 1. The molecule has 1 aromatic carbocycles. The minimum Gasteiger partial charge on any atom is -0.386 e. The molecule has 0 saturated heterocycles. The Kier molecular flexibility index (Phi) is 5.44. The highest BCUT2D eigenvalue weighted by atomic mass is 35.5. The van der Waals surface area contributed by atoms with Gasteiger partial charge in [-0.25, -0.2) is 0 Å². The first-order valence-corrected chi connectivity index (χ1v) is 7.85. The Bertz CT molecular complexity index is 682. The molecule has 1 heterocycles. The standard InChI is InChI=1S/C17H22ClN3O2/c1-17(2,8-12-5-4-6-14(18)7-12)16(23)19-10-15(22)13-9-20-21(3)11-13/h4-7,9,11,15,22H,8,10H2,1-3H3,(H,19,23)/t15-/m1/s1. The summed E-state index contributed by atoms with van der Waals surface area (Å²) < 4.78 is 1.61. The molecule has 6 heteroatoms. The van der Waals surface area contributed by atoms with Gasteiger partial charge in [-0.15, -0.1) is 0 Å². The number of nitrogens with one attached hydrogen (secondary N) is 1. The third-order valence-corrected chi connectivity index (χ3v) is 3.95. The summed E-state index contributed by atoms with van der Waals surface area (Å²) in [6.07, 6.45) is 3.12. The first-order valence-electron chi connectivity index (χ1n) is 7.47. The van der Waals surface area contributed by atoms with Crippen molar-refractivity contribution in [2.75, 3.05) is 6.54 Å². The van der Waals surface area contributed by atoms with Crippen molar-refractivity contribution < 1.29 is 9.90 Å². The molecular formula is C17H22ClN3O2. The van der Waals surface area contributed by atoms with E-state index in [0.29, 0.717) is 17.0 Å². The zero-order chi connectivity index (χ0) is 17.0. The van der Waals surface area contributed by atoms with Crippen molar-refractivity contribution in [1.82, 2.24) is 15.1 Å². The average molecular weight is 336 g/mol. The fraction of sp³-hybridized carbons (Fsp3) is 0.412. The zero-order valence-electron chi connectivity index (χ0n) is 13.6. The SMILES string of the molecule is Cn1cc([C@H](O)CNC(=O)C(C)(C)Cc2cccc(Cl)c2)cn1. The summed E-state index contributed by atoms with van der Waals surface area (Å²) in [7, 11) is 1.78. The molecule has 5 nitrogen and oxygen atoms in total. The van der Waals surface area contributed by atoms with Gasteiger partial charge in [0.25, 0.3) is 0 Å². The Balaban J connectivity index is 1.93. The van der Waals surface area contributed by atoms with Crippen molar-refractivity contribution in [3.05, 3.63) is 52.8 Å². The summed E-state index contributed by atoms with van der Waals surface area (Å²) in [6, 6.07) is 7.49. The lowest BCUT2D eigenvalue weighted by Gasteiger charge is -2.24. The van der Waals surface area contributed by atoms with Gasteiger partial charge in [0.2, 0.25) is 5.91 Å². The highest BCUT2D eigenvalue weighted by Gasteiger charge is 2.28. The van der Waals surface area contributed by atoms with Gasteiger partial charge in [0.1, 0.15) is 0 Å². The zero-order valence-corrected chi connectivity index (χ0v) is 14.3. The molecule has 0 bridgehead atoms. The van der Waals surface area contributed by atoms with Crippen LogP contribution >= 0.6 is 11.6 Å². The molecule has 0 unspecified atom stereocenters. The Labute approximate surface area is 141 Å². The molecule has 2 rings (SSSR count). The molecule has 0 aliphatic carbocycles. The van der Waals surface area contributed by atoms with E-state index in [9.17, 15) is 9.90 Å². The fourth-order valence-corrected chi connectivity index (χ4v) is 2.61. The van der Waals surface area contributed by atoms with Crippen LogP contribution in [-0.4, -0.2) is 27.3 Å². The smallest absolute Gasteiger partial charge is 0.226 e. The van der Waals surface area contributed by atoms with Crippen LogP contribution in [0.4, 0.5) is 0 Å². The monoisotopic (exact) mass is 335 g/mol. The molecule has 0 spiro atoms. The van der Waals surface area contributed by atoms with E-state index in [2.05, 4.69) is 10.4 Å². The number of benzene rings is 1. The summed E-state index contributed by atoms with van der Waals surface area (Å²) in [5.74, 6) is -0.111. The maximum absolute atomic E-state index is 12.4. The largest absolute Gasteiger partial charge is 0.386 e. The van der Waals surface area contributed by atoms with Crippen molar-refractivity contribution >= 4 is 17.5 Å². The molecule has 0 aliphatic rings. The van der Waals surface area contributed by atoms with Crippen molar-refractivity contribution in [2.24, 2.45) is 12.5 Å². The van der Waals surface area contributed by atoms with Gasteiger partial charge in [0, 0.05) is 35.8 Å². The van der Waals surface area contributed by atoms with E-state index in [-0.39, 0.29) is 12.5 Å². The molecule has 2 N–H and O–H groups in total. The third kappa shape index (κ3) is 4.81. The Morgan fingerprint density at radius 2 is 2.22 bits per heavy atom. The maximum atomic E-state index is 12.4. The van der Waals surface area contributed by atoms with E-state index in [1.165, 1.54) is 0 Å². The second-order valence-corrected chi connectivity index (χ2v) is 6.80. The van der Waals surface area contributed by atoms with Crippen LogP contribution in [0, 0.1) is 5.41 Å². The van der Waals surface area contributed by atoms with Crippen LogP contribution in [0.2, 0.25) is 5.02 Å². The third-order valence-electron chi connectivity index (χ3n) is 3.72. The number of amides is 1. The predicted molar refractivity (Wildman–Crippen MR) is 90.1 cm³/mol. The van der Waals surface area contributed by atoms with Gasteiger partial charge < -0.3 is 10.4 Å². The number of aryl methyl sites for hydroxylation is 1. The Morgan fingerprint density at radius 1 is 1.48 bits per heavy atom. The average Bonchev–Trinajstić information content (AvgIpc) is 2.90. The van der Waals surface area contributed by atoms with Gasteiger partial charge >= 0.3 is 0 Å². The van der Waals surface area contributed by atoms with Gasteiger partial charge in [-0.05, 0) is 24.1 Å². The molecule has 0 fully saturated rings. The van der Waals surface area contributed by atoms with Crippen LogP contribution in [0.3, 0.4) is 0 Å². The van der Waals surface area contributed by atoms with Crippen molar-refractivity contribution in [3.63, 3.8) is 0 Å². The molecule has 124 valence electrons. The normalized spacial score (nSPS) is 12.9. The lowest BCUT2D eigenvalue weighted by molar-refractivity contribution is -0.129. The number of aliphatic hydroxyl groups is 1. The summed E-state index contributed by atoms with van der Waals surface area (Å²) in [5, 5.41) is 17.6. The number of hydrogen-bond acceptors (Lipinski definition) is 3. The van der Waals surface area contributed by atoms with Crippen LogP contribution < -0.4 is 5.32 Å². The number of carbonyl (C=O) groups excluding carboxylic acids is 1. The van der Waals surface area contributed by atoms with Crippen LogP contribution in [-0.2, 0) is 18.3 Å². The van der Waals surface area contributed by atoms with Crippen molar-refractivity contribution in [2.45, 2.75) is 26.4 Å². The number of hydrogen-bond donors (Lipinski definition) is 2. The van der Waals surface area contributed by atoms with Gasteiger partial charge in [-0.3, -0.25) is 9.48 Å². The van der Waals surface area contributed by atoms with Crippen LogP contribution in [0.25, 0.3) is 0 Å². The van der Waals surface area contributed by atoms with E-state index in [1.807, 2.05) is 38.1 Å². The summed E-state index contributed by atoms with van der Waals surface area (Å²) >= 11 is 5.98. The van der Waals surface area contributed by atoms with Crippen molar-refractivity contribution in [1.29, 1.82) is 0 Å². The molecule has 0 saturated carbocycles. The molecular weight excluding hydrogens is 314 g/mol. The molecule has 1 atom stereocenters. The minimum atomic E-state index is -0.769. The topological polar surface area (TPSA) is 67.2 Å². The molecule has 0 aliphatic heterocycles. The molecule has 2 aromatic rings. The molecule has 1 aromatic heterocycles. The van der Waals surface area contributed by atoms with Gasteiger partial charge in [-0.1, -0.05) is 37.6 Å². The number of nitrogens with zero attached hydrogens (tertiary/aromatic N) is 2. The van der Waals surface area contributed by atoms with Crippen LogP contribution in [0.5, 0.6) is 0 Å². The first-order chi connectivity index (χ1) is 10.8. The molecule has 23 heavy (non-hydrogen) atoms. The lowest BCUT2D eigenvalue weighted by Crippen LogP contribution is -2.40. The molecule has 1 amide bonds. The van der Waals surface area contributed by atoms with E-state index >= 15 is 0 Å². The van der Waals surface area contributed by atoms with Crippen LogP contribution in [0.15, 0.2) is 36.7 Å².